The summed E-state index contributed by atoms with van der Waals surface area (Å²) in [5.41, 5.74) is 1.17. The topological polar surface area (TPSA) is 214 Å². The number of aromatic hydroxyl groups is 1. The fourth-order valence-electron chi connectivity index (χ4n) is 5.99. The van der Waals surface area contributed by atoms with Crippen molar-refractivity contribution in [2.24, 2.45) is 17.8 Å². The Balaban J connectivity index is 1.50. The molecule has 0 aliphatic heterocycles. The van der Waals surface area contributed by atoms with Crippen LogP contribution in [-0.4, -0.2) is 75.7 Å². The van der Waals surface area contributed by atoms with Gasteiger partial charge in [-0.1, -0.05) is 38.5 Å². The first-order valence-electron chi connectivity index (χ1n) is 15.7. The van der Waals surface area contributed by atoms with Crippen molar-refractivity contribution in [2.75, 3.05) is 7.11 Å². The maximum atomic E-state index is 13.9. The van der Waals surface area contributed by atoms with Crippen LogP contribution in [0.5, 0.6) is 11.5 Å². The van der Waals surface area contributed by atoms with Gasteiger partial charge in [0.1, 0.15) is 23.3 Å². The molecule has 1 aliphatic carbocycles. The third-order valence-electron chi connectivity index (χ3n) is 8.38. The minimum Gasteiger partial charge on any atom is -0.508 e. The van der Waals surface area contributed by atoms with Gasteiger partial charge in [-0.05, 0) is 48.6 Å². The number of nitrogens with zero attached hydrogens (tertiary/aromatic N) is 1. The second kappa shape index (κ2) is 15.5. The van der Waals surface area contributed by atoms with Gasteiger partial charge in [-0.15, -0.1) is 0 Å². The van der Waals surface area contributed by atoms with E-state index in [1.807, 2.05) is 0 Å². The van der Waals surface area contributed by atoms with Crippen molar-refractivity contribution >= 4 is 46.4 Å². The molecule has 0 radical (unpaired) electrons. The van der Waals surface area contributed by atoms with Crippen molar-refractivity contribution < 1.29 is 48.1 Å². The molecule has 1 aliphatic rings. The number of nitrogens with one attached hydrogen (secondary N) is 3. The van der Waals surface area contributed by atoms with Crippen molar-refractivity contribution in [3.63, 3.8) is 0 Å². The molecule has 14 nitrogen and oxygen atoms in total. The van der Waals surface area contributed by atoms with Gasteiger partial charge in [0.05, 0.1) is 19.6 Å². The number of carboxylic acids is 1. The quantitative estimate of drug-likeness (QED) is 0.149. The molecule has 0 bridgehead atoms. The number of Topliss-reactive ketones (excluding diaryl/α,β-unsaturated/α-hetero) is 2. The van der Waals surface area contributed by atoms with E-state index in [1.165, 1.54) is 26.2 Å². The van der Waals surface area contributed by atoms with E-state index < -0.39 is 71.7 Å². The number of aliphatic carboxylic acids is 1. The number of fused-ring (bicyclic) bond motifs is 1. The van der Waals surface area contributed by atoms with Gasteiger partial charge in [0, 0.05) is 25.2 Å². The lowest BCUT2D eigenvalue weighted by molar-refractivity contribution is -0.138. The number of methoxy groups -OCH3 is 1. The Morgan fingerprint density at radius 2 is 1.65 bits per heavy atom. The van der Waals surface area contributed by atoms with Gasteiger partial charge in [0.25, 0.3) is 5.89 Å². The monoisotopic (exact) mass is 664 g/mol. The van der Waals surface area contributed by atoms with Crippen LogP contribution in [0.3, 0.4) is 0 Å². The summed E-state index contributed by atoms with van der Waals surface area (Å²) in [4.78, 5) is 82.2. The molecule has 1 saturated carbocycles. The fourth-order valence-corrected chi connectivity index (χ4v) is 5.99. The molecule has 48 heavy (non-hydrogen) atoms. The number of hydrogen-bond donors (Lipinski definition) is 5. The zero-order chi connectivity index (χ0) is 35.1. The second-order valence-electron chi connectivity index (χ2n) is 12.3. The van der Waals surface area contributed by atoms with Crippen molar-refractivity contribution in [3.8, 4) is 11.5 Å². The van der Waals surface area contributed by atoms with E-state index in [4.69, 9.17) is 9.15 Å². The highest BCUT2D eigenvalue weighted by Crippen LogP contribution is 2.35. The molecular weight excluding hydrogens is 624 g/mol. The first-order valence-corrected chi connectivity index (χ1v) is 15.7. The molecule has 1 aromatic heterocycles. The van der Waals surface area contributed by atoms with Crippen molar-refractivity contribution in [3.05, 3.63) is 53.9 Å². The van der Waals surface area contributed by atoms with Crippen molar-refractivity contribution in [1.29, 1.82) is 0 Å². The SMILES string of the molecule is COc1cccc2nc(C(=O)[C@H](CC(=O)O)NC(=O)C3CCCC3C(=O)[C@@H](NC(=O)[C@H](Cc3ccc(O)cc3)NC(C)=O)C(C)C)oc12. The molecule has 1 fully saturated rings. The third kappa shape index (κ3) is 8.55. The van der Waals surface area contributed by atoms with E-state index in [9.17, 15) is 39.0 Å². The molecular formula is C34H40N4O10. The molecule has 14 heteroatoms. The third-order valence-corrected chi connectivity index (χ3v) is 8.38. The van der Waals surface area contributed by atoms with Gasteiger partial charge in [-0.25, -0.2) is 4.98 Å². The van der Waals surface area contributed by atoms with Crippen LogP contribution in [0.2, 0.25) is 0 Å². The van der Waals surface area contributed by atoms with Gasteiger partial charge in [0.15, 0.2) is 17.1 Å². The fraction of sp³-hybridized carbons (Fsp3) is 0.441. The number of oxazole rings is 1. The Kier molecular flexibility index (Phi) is 11.5. The minimum absolute atomic E-state index is 0.0467. The lowest BCUT2D eigenvalue weighted by Crippen LogP contribution is -2.55. The van der Waals surface area contributed by atoms with Gasteiger partial charge in [-0.2, -0.15) is 0 Å². The minimum atomic E-state index is -1.52. The van der Waals surface area contributed by atoms with Crippen LogP contribution >= 0.6 is 0 Å². The molecule has 2 aromatic carbocycles. The number of carbonyl (C=O) groups is 6. The summed E-state index contributed by atoms with van der Waals surface area (Å²) < 4.78 is 10.8. The number of rotatable bonds is 15. The first-order chi connectivity index (χ1) is 22.8. The van der Waals surface area contributed by atoms with E-state index in [1.54, 1.807) is 44.2 Å². The summed E-state index contributed by atoms with van der Waals surface area (Å²) in [6, 6.07) is 7.47. The number of phenols is 1. The number of benzene rings is 2. The lowest BCUT2D eigenvalue weighted by atomic mass is 9.83. The molecule has 0 spiro atoms. The van der Waals surface area contributed by atoms with E-state index in [0.717, 1.165) is 0 Å². The Morgan fingerprint density at radius 3 is 2.27 bits per heavy atom. The standard InChI is InChI=1S/C34H40N4O10/c1-17(2)28(38-33(46)25(35-18(3)39)15-19-11-13-20(40)14-12-19)29(43)21-7-5-8-22(21)32(45)36-24(16-27(41)42)30(44)34-37-23-9-6-10-26(47-4)31(23)48-34/h6,9-14,17,21-22,24-25,28,40H,5,7-8,15-16H2,1-4H3,(H,35,39)(H,36,45)(H,38,46)(H,41,42)/t21?,22?,24-,25-,28-/m0/s1. The van der Waals surface area contributed by atoms with Crippen LogP contribution in [0.25, 0.3) is 11.1 Å². The molecule has 3 amide bonds. The van der Waals surface area contributed by atoms with E-state index in [0.29, 0.717) is 36.1 Å². The summed E-state index contributed by atoms with van der Waals surface area (Å²) in [5.74, 6) is -6.40. The predicted molar refractivity (Wildman–Crippen MR) is 171 cm³/mol. The maximum Gasteiger partial charge on any atom is 0.305 e. The van der Waals surface area contributed by atoms with Gasteiger partial charge < -0.3 is 35.3 Å². The Hall–Kier alpha value is -5.27. The van der Waals surface area contributed by atoms with Crippen LogP contribution in [0.4, 0.5) is 0 Å². The Morgan fingerprint density at radius 1 is 0.958 bits per heavy atom. The zero-order valence-corrected chi connectivity index (χ0v) is 27.1. The highest BCUT2D eigenvalue weighted by Gasteiger charge is 2.43. The van der Waals surface area contributed by atoms with Gasteiger partial charge in [-0.3, -0.25) is 28.8 Å². The second-order valence-corrected chi connectivity index (χ2v) is 12.3. The van der Waals surface area contributed by atoms with E-state index in [-0.39, 0.29) is 29.5 Å². The Labute approximate surface area is 276 Å². The molecule has 2 unspecified atom stereocenters. The van der Waals surface area contributed by atoms with Crippen LogP contribution in [0, 0.1) is 17.8 Å². The van der Waals surface area contributed by atoms with E-state index >= 15 is 0 Å². The number of ether oxygens (including phenoxy) is 1. The highest BCUT2D eigenvalue weighted by molar-refractivity contribution is 6.03. The summed E-state index contributed by atoms with van der Waals surface area (Å²) >= 11 is 0. The van der Waals surface area contributed by atoms with Crippen LogP contribution in [0.1, 0.15) is 62.7 Å². The molecule has 5 N–H and O–H groups in total. The smallest absolute Gasteiger partial charge is 0.305 e. The largest absolute Gasteiger partial charge is 0.508 e. The highest BCUT2D eigenvalue weighted by atomic mass is 16.5. The first kappa shape index (κ1) is 35.6. The van der Waals surface area contributed by atoms with Crippen LogP contribution in [-0.2, 0) is 30.4 Å². The van der Waals surface area contributed by atoms with Crippen molar-refractivity contribution in [2.45, 2.75) is 71.0 Å². The number of para-hydroxylation sites is 1. The number of phenolic OH excluding ortho intramolecular Hbond substituents is 1. The molecule has 0 saturated heterocycles. The van der Waals surface area contributed by atoms with Crippen LogP contribution in [0.15, 0.2) is 46.9 Å². The average molecular weight is 665 g/mol. The number of carbonyl (C=O) groups excluding carboxylic acids is 5. The van der Waals surface area contributed by atoms with E-state index in [2.05, 4.69) is 20.9 Å². The summed E-state index contributed by atoms with van der Waals surface area (Å²) in [6.07, 6.45) is 0.531. The van der Waals surface area contributed by atoms with Crippen molar-refractivity contribution in [1.82, 2.24) is 20.9 Å². The number of carboxylic acid groups (broad SMARTS) is 1. The molecule has 256 valence electrons. The lowest BCUT2D eigenvalue weighted by Gasteiger charge is -2.29. The maximum absolute atomic E-state index is 13.9. The summed E-state index contributed by atoms with van der Waals surface area (Å²) in [7, 11) is 1.42. The molecule has 3 aromatic rings. The number of ketones is 2. The summed E-state index contributed by atoms with van der Waals surface area (Å²) in [6.45, 7) is 4.77. The molecule has 5 atom stereocenters. The molecule has 4 rings (SSSR count). The van der Waals surface area contributed by atoms with Gasteiger partial charge in [0.2, 0.25) is 23.5 Å². The predicted octanol–water partition coefficient (Wildman–Crippen LogP) is 2.56. The summed E-state index contributed by atoms with van der Waals surface area (Å²) in [5, 5.41) is 27.0. The average Bonchev–Trinajstić information content (AvgIpc) is 3.71. The zero-order valence-electron chi connectivity index (χ0n) is 27.1. The number of aromatic nitrogens is 1. The molecule has 1 heterocycles. The van der Waals surface area contributed by atoms with Gasteiger partial charge >= 0.3 is 5.97 Å². The number of amides is 3. The number of hydrogen-bond acceptors (Lipinski definition) is 10. The normalized spacial score (nSPS) is 17.7. The Bertz CT molecular complexity index is 1680. The van der Waals surface area contributed by atoms with Crippen LogP contribution < -0.4 is 20.7 Å².